The number of hydrogen-bond donors (Lipinski definition) is 1. The van der Waals surface area contributed by atoms with E-state index in [0.717, 1.165) is 39.1 Å². The van der Waals surface area contributed by atoms with Gasteiger partial charge in [0.25, 0.3) is 0 Å². The van der Waals surface area contributed by atoms with E-state index >= 15 is 0 Å². The fourth-order valence-electron chi connectivity index (χ4n) is 2.01. The second-order valence-electron chi connectivity index (χ2n) is 4.44. The minimum absolute atomic E-state index is 0.267. The van der Waals surface area contributed by atoms with Gasteiger partial charge in [0.1, 0.15) is 0 Å². The molecule has 4 nitrogen and oxygen atoms in total. The number of aliphatic carboxylic acids is 1. The van der Waals surface area contributed by atoms with Crippen molar-refractivity contribution >= 4 is 5.97 Å². The van der Waals surface area contributed by atoms with E-state index in [-0.39, 0.29) is 6.42 Å². The summed E-state index contributed by atoms with van der Waals surface area (Å²) >= 11 is 0. The molecule has 102 valence electrons. The number of hydrogen-bond acceptors (Lipinski definition) is 3. The van der Waals surface area contributed by atoms with Crippen LogP contribution in [-0.2, 0) is 4.79 Å². The molecule has 0 amide bonds. The molecule has 0 spiro atoms. The second kappa shape index (κ2) is 9.42. The predicted molar refractivity (Wildman–Crippen MR) is 71.4 cm³/mol. The highest BCUT2D eigenvalue weighted by atomic mass is 16.4. The molecular formula is C13H28N2O2. The first-order valence-corrected chi connectivity index (χ1v) is 6.73. The van der Waals surface area contributed by atoms with Crippen molar-refractivity contribution in [1.29, 1.82) is 0 Å². The van der Waals surface area contributed by atoms with Crippen molar-refractivity contribution < 1.29 is 9.90 Å². The zero-order valence-corrected chi connectivity index (χ0v) is 11.8. The molecule has 17 heavy (non-hydrogen) atoms. The van der Waals surface area contributed by atoms with Gasteiger partial charge in [-0.15, -0.1) is 0 Å². The first-order chi connectivity index (χ1) is 8.04. The van der Waals surface area contributed by atoms with E-state index in [4.69, 9.17) is 5.11 Å². The average molecular weight is 244 g/mol. The molecule has 0 rings (SSSR count). The quantitative estimate of drug-likeness (QED) is 0.637. The molecule has 1 N–H and O–H groups in total. The molecule has 1 atom stereocenters. The largest absolute Gasteiger partial charge is 0.481 e. The summed E-state index contributed by atoms with van der Waals surface area (Å²) in [7, 11) is 0. The lowest BCUT2D eigenvalue weighted by Gasteiger charge is -2.30. The molecule has 0 heterocycles. The third-order valence-electron chi connectivity index (χ3n) is 3.40. The number of likely N-dealkylation sites (N-methyl/N-ethyl adjacent to an activating group) is 2. The molecule has 4 heteroatoms. The third kappa shape index (κ3) is 7.34. The van der Waals surface area contributed by atoms with Crippen LogP contribution < -0.4 is 0 Å². The number of carboxylic acid groups (broad SMARTS) is 1. The third-order valence-corrected chi connectivity index (χ3v) is 3.40. The van der Waals surface area contributed by atoms with E-state index in [9.17, 15) is 4.79 Å². The van der Waals surface area contributed by atoms with Gasteiger partial charge >= 0.3 is 5.97 Å². The molecule has 0 bridgehead atoms. The van der Waals surface area contributed by atoms with Crippen molar-refractivity contribution in [1.82, 2.24) is 9.80 Å². The van der Waals surface area contributed by atoms with Crippen LogP contribution in [0.15, 0.2) is 0 Å². The normalized spacial score (nSPS) is 13.3. The molecule has 0 aromatic carbocycles. The van der Waals surface area contributed by atoms with Crippen LogP contribution >= 0.6 is 0 Å². The lowest BCUT2D eigenvalue weighted by molar-refractivity contribution is -0.137. The second-order valence-corrected chi connectivity index (χ2v) is 4.44. The minimum Gasteiger partial charge on any atom is -0.481 e. The molecule has 0 aromatic rings. The van der Waals surface area contributed by atoms with E-state index in [1.165, 1.54) is 0 Å². The highest BCUT2D eigenvalue weighted by Gasteiger charge is 2.13. The van der Waals surface area contributed by atoms with Crippen LogP contribution in [0.5, 0.6) is 0 Å². The molecule has 0 fully saturated rings. The maximum Gasteiger partial charge on any atom is 0.303 e. The van der Waals surface area contributed by atoms with Crippen molar-refractivity contribution in [2.45, 2.75) is 46.6 Å². The Morgan fingerprint density at radius 1 is 1.12 bits per heavy atom. The molecule has 0 aromatic heterocycles. The van der Waals surface area contributed by atoms with Crippen LogP contribution in [0, 0.1) is 0 Å². The Bertz CT molecular complexity index is 206. The summed E-state index contributed by atoms with van der Waals surface area (Å²) in [4.78, 5) is 15.3. The highest BCUT2D eigenvalue weighted by molar-refractivity contribution is 5.66. The van der Waals surface area contributed by atoms with Gasteiger partial charge in [0.05, 0.1) is 0 Å². The Hall–Kier alpha value is -0.610. The van der Waals surface area contributed by atoms with Crippen LogP contribution in [-0.4, -0.2) is 59.6 Å². The van der Waals surface area contributed by atoms with Crippen molar-refractivity contribution in [3.8, 4) is 0 Å². The first-order valence-electron chi connectivity index (χ1n) is 6.73. The summed E-state index contributed by atoms with van der Waals surface area (Å²) in [6.45, 7) is 13.9. The first kappa shape index (κ1) is 16.4. The Kier molecular flexibility index (Phi) is 9.09. The van der Waals surface area contributed by atoms with Gasteiger partial charge in [0, 0.05) is 25.6 Å². The van der Waals surface area contributed by atoms with E-state index in [1.54, 1.807) is 0 Å². The fraction of sp³-hybridized carbons (Fsp3) is 0.923. The Morgan fingerprint density at radius 2 is 1.71 bits per heavy atom. The molecule has 0 aliphatic carbocycles. The minimum atomic E-state index is -0.698. The topological polar surface area (TPSA) is 43.8 Å². The van der Waals surface area contributed by atoms with Gasteiger partial charge in [0.15, 0.2) is 0 Å². The molecule has 0 aliphatic heterocycles. The van der Waals surface area contributed by atoms with Crippen LogP contribution in [0.25, 0.3) is 0 Å². The molecule has 0 aliphatic rings. The highest BCUT2D eigenvalue weighted by Crippen LogP contribution is 2.06. The van der Waals surface area contributed by atoms with Gasteiger partial charge in [-0.1, -0.05) is 20.8 Å². The maximum atomic E-state index is 10.5. The summed E-state index contributed by atoms with van der Waals surface area (Å²) < 4.78 is 0. The maximum absolute atomic E-state index is 10.5. The molecular weight excluding hydrogens is 216 g/mol. The van der Waals surface area contributed by atoms with Crippen molar-refractivity contribution in [2.24, 2.45) is 0 Å². The number of rotatable bonds is 10. The SMILES string of the molecule is CCN(CC)CCN(CC)[C@H](C)CCC(=O)O. The summed E-state index contributed by atoms with van der Waals surface area (Å²) in [5.74, 6) is -0.698. The van der Waals surface area contributed by atoms with Crippen LogP contribution in [0.4, 0.5) is 0 Å². The van der Waals surface area contributed by atoms with Gasteiger partial charge in [-0.3, -0.25) is 9.69 Å². The van der Waals surface area contributed by atoms with Crippen LogP contribution in [0.2, 0.25) is 0 Å². The average Bonchev–Trinajstić information content (AvgIpc) is 2.32. The summed E-state index contributed by atoms with van der Waals surface area (Å²) in [5, 5.41) is 8.68. The van der Waals surface area contributed by atoms with E-state index in [0.29, 0.717) is 6.04 Å². The van der Waals surface area contributed by atoms with E-state index in [1.807, 2.05) is 0 Å². The molecule has 0 saturated heterocycles. The summed E-state index contributed by atoms with van der Waals surface area (Å²) in [6, 6.07) is 0.353. The Morgan fingerprint density at radius 3 is 2.12 bits per heavy atom. The predicted octanol–water partition coefficient (Wildman–Crippen LogP) is 1.90. The van der Waals surface area contributed by atoms with Gasteiger partial charge in [0.2, 0.25) is 0 Å². The monoisotopic (exact) mass is 244 g/mol. The zero-order chi connectivity index (χ0) is 13.3. The summed E-state index contributed by atoms with van der Waals surface area (Å²) in [6.07, 6.45) is 1.00. The lowest BCUT2D eigenvalue weighted by atomic mass is 10.1. The fourth-order valence-corrected chi connectivity index (χ4v) is 2.01. The zero-order valence-electron chi connectivity index (χ0n) is 11.8. The lowest BCUT2D eigenvalue weighted by Crippen LogP contribution is -2.40. The Balaban J connectivity index is 3.99. The number of carbonyl (C=O) groups is 1. The van der Waals surface area contributed by atoms with Crippen LogP contribution in [0.3, 0.4) is 0 Å². The van der Waals surface area contributed by atoms with Crippen LogP contribution in [0.1, 0.15) is 40.5 Å². The van der Waals surface area contributed by atoms with E-state index in [2.05, 4.69) is 37.5 Å². The number of carboxylic acids is 1. The van der Waals surface area contributed by atoms with Crippen molar-refractivity contribution in [3.63, 3.8) is 0 Å². The van der Waals surface area contributed by atoms with Crippen molar-refractivity contribution in [3.05, 3.63) is 0 Å². The Labute approximate surface area is 106 Å². The van der Waals surface area contributed by atoms with Gasteiger partial charge < -0.3 is 10.0 Å². The molecule has 0 saturated carbocycles. The smallest absolute Gasteiger partial charge is 0.303 e. The number of nitrogens with zero attached hydrogens (tertiary/aromatic N) is 2. The van der Waals surface area contributed by atoms with Gasteiger partial charge in [-0.2, -0.15) is 0 Å². The van der Waals surface area contributed by atoms with Gasteiger partial charge in [-0.25, -0.2) is 0 Å². The molecule has 0 radical (unpaired) electrons. The standard InChI is InChI=1S/C13H28N2O2/c1-5-14(6-2)10-11-15(7-3)12(4)8-9-13(16)17/h12H,5-11H2,1-4H3,(H,16,17)/t12-/m1/s1. The van der Waals surface area contributed by atoms with E-state index < -0.39 is 5.97 Å². The molecule has 0 unspecified atom stereocenters. The van der Waals surface area contributed by atoms with Crippen molar-refractivity contribution in [2.75, 3.05) is 32.7 Å². The van der Waals surface area contributed by atoms with Gasteiger partial charge in [-0.05, 0) is 33.0 Å². The summed E-state index contributed by atoms with van der Waals surface area (Å²) in [5.41, 5.74) is 0.